The van der Waals surface area contributed by atoms with Crippen LogP contribution in [-0.2, 0) is 15.4 Å². The lowest BCUT2D eigenvalue weighted by atomic mass is 9.93. The van der Waals surface area contributed by atoms with Gasteiger partial charge in [-0.25, -0.2) is 13.4 Å². The zero-order chi connectivity index (χ0) is 25.0. The van der Waals surface area contributed by atoms with E-state index in [0.29, 0.717) is 45.1 Å². The minimum atomic E-state index is -3.43. The molecule has 7 nitrogen and oxygen atoms in total. The van der Waals surface area contributed by atoms with Gasteiger partial charge in [0, 0.05) is 17.4 Å². The van der Waals surface area contributed by atoms with Gasteiger partial charge in [0.25, 0.3) is 0 Å². The van der Waals surface area contributed by atoms with Crippen molar-refractivity contribution in [3.63, 3.8) is 0 Å². The Balaban J connectivity index is 1.70. The second-order valence-electron chi connectivity index (χ2n) is 8.85. The number of nitrogens with one attached hydrogen (secondary N) is 1. The first-order valence-corrected chi connectivity index (χ1v) is 12.7. The van der Waals surface area contributed by atoms with Crippen LogP contribution in [0.4, 0.5) is 0 Å². The average Bonchev–Trinajstić information content (AvgIpc) is 3.29. The molecule has 0 unspecified atom stereocenters. The third-order valence-corrected chi connectivity index (χ3v) is 7.20. The third kappa shape index (κ3) is 3.65. The number of hydrogen-bond acceptors (Lipinski definition) is 6. The fourth-order valence-corrected chi connectivity index (χ4v) is 5.35. The molecule has 4 aromatic rings. The van der Waals surface area contributed by atoms with Crippen molar-refractivity contribution in [2.45, 2.75) is 24.3 Å². The molecule has 0 saturated heterocycles. The van der Waals surface area contributed by atoms with Gasteiger partial charge >= 0.3 is 0 Å². The van der Waals surface area contributed by atoms with Crippen LogP contribution in [0, 0.1) is 22.7 Å². The number of rotatable bonds is 3. The van der Waals surface area contributed by atoms with Crippen molar-refractivity contribution in [3.05, 3.63) is 77.5 Å². The maximum absolute atomic E-state index is 12.3. The van der Waals surface area contributed by atoms with Gasteiger partial charge in [-0.1, -0.05) is 30.3 Å². The van der Waals surface area contributed by atoms with E-state index >= 15 is 0 Å². The Labute approximate surface area is 203 Å². The molecule has 1 N–H and O–H groups in total. The molecule has 0 spiro atoms. The molecule has 0 fully saturated rings. The van der Waals surface area contributed by atoms with Gasteiger partial charge < -0.3 is 9.72 Å². The van der Waals surface area contributed by atoms with Crippen LogP contribution < -0.4 is 4.74 Å². The Morgan fingerprint density at radius 1 is 0.943 bits per heavy atom. The number of aromatic amines is 1. The molecule has 0 atom stereocenters. The second-order valence-corrected chi connectivity index (χ2v) is 10.8. The normalized spacial score (nSPS) is 13.6. The van der Waals surface area contributed by atoms with Crippen LogP contribution in [-0.4, -0.2) is 24.6 Å². The average molecular weight is 481 g/mol. The van der Waals surface area contributed by atoms with E-state index in [9.17, 15) is 18.9 Å². The highest BCUT2D eigenvalue weighted by atomic mass is 32.2. The quantitative estimate of drug-likeness (QED) is 0.431. The van der Waals surface area contributed by atoms with E-state index in [-0.39, 0.29) is 4.90 Å². The molecule has 3 aromatic carbocycles. The molecule has 0 bridgehead atoms. The molecule has 1 aliphatic rings. The summed E-state index contributed by atoms with van der Waals surface area (Å²) in [6.07, 6.45) is 1.19. The minimum Gasteiger partial charge on any atom is -0.481 e. The molecule has 5 rings (SSSR count). The summed E-state index contributed by atoms with van der Waals surface area (Å²) < 4.78 is 31.0. The number of ether oxygens (including phenoxy) is 1. The van der Waals surface area contributed by atoms with Crippen molar-refractivity contribution in [2.24, 2.45) is 0 Å². The first kappa shape index (κ1) is 22.4. The molecule has 8 heteroatoms. The summed E-state index contributed by atoms with van der Waals surface area (Å²) in [5.74, 6) is 0.982. The Hall–Kier alpha value is -4.40. The lowest BCUT2D eigenvalue weighted by Gasteiger charge is -2.32. The van der Waals surface area contributed by atoms with Crippen molar-refractivity contribution < 1.29 is 13.2 Å². The second kappa shape index (κ2) is 7.83. The van der Waals surface area contributed by atoms with Gasteiger partial charge in [-0.05, 0) is 49.7 Å². The Kier molecular flexibility index (Phi) is 5.01. The van der Waals surface area contributed by atoms with E-state index in [0.717, 1.165) is 11.3 Å². The summed E-state index contributed by atoms with van der Waals surface area (Å²) in [5, 5.41) is 19.2. The standard InChI is InChI=1S/C27H20N4O3S/c1-27(2)25-24(30-26(31-25)23-17(14-28)7-6-8-18(23)15-29)20-12-11-16(13-21(20)34-27)19-9-4-5-10-22(19)35(3,32)33/h4-13H,1-3H3,(H,30,31). The zero-order valence-corrected chi connectivity index (χ0v) is 20.1. The van der Waals surface area contributed by atoms with Gasteiger partial charge in [0.2, 0.25) is 0 Å². The first-order chi connectivity index (χ1) is 16.6. The fourth-order valence-electron chi connectivity index (χ4n) is 4.44. The highest BCUT2D eigenvalue weighted by Crippen LogP contribution is 2.47. The van der Waals surface area contributed by atoms with E-state index in [4.69, 9.17) is 9.72 Å². The number of hydrogen-bond donors (Lipinski definition) is 1. The number of aromatic nitrogens is 2. The lowest BCUT2D eigenvalue weighted by Crippen LogP contribution is -2.29. The Bertz CT molecular complexity index is 1670. The van der Waals surface area contributed by atoms with Gasteiger partial charge in [0.05, 0.1) is 45.1 Å². The van der Waals surface area contributed by atoms with E-state index in [1.165, 1.54) is 6.26 Å². The first-order valence-electron chi connectivity index (χ1n) is 10.8. The number of H-pyrrole nitrogens is 1. The summed E-state index contributed by atoms with van der Waals surface area (Å²) in [4.78, 5) is 8.33. The molecule has 1 aliphatic heterocycles. The highest BCUT2D eigenvalue weighted by molar-refractivity contribution is 7.90. The van der Waals surface area contributed by atoms with Crippen molar-refractivity contribution in [2.75, 3.05) is 6.26 Å². The summed E-state index contributed by atoms with van der Waals surface area (Å²) >= 11 is 0. The van der Waals surface area contributed by atoms with Crippen LogP contribution in [0.2, 0.25) is 0 Å². The van der Waals surface area contributed by atoms with Gasteiger partial charge in [-0.3, -0.25) is 0 Å². The number of sulfone groups is 1. The minimum absolute atomic E-state index is 0.245. The Morgan fingerprint density at radius 3 is 2.29 bits per heavy atom. The van der Waals surface area contributed by atoms with Gasteiger partial charge in [0.15, 0.2) is 9.84 Å². The van der Waals surface area contributed by atoms with E-state index in [1.807, 2.05) is 32.0 Å². The topological polar surface area (TPSA) is 120 Å². The molecule has 0 radical (unpaired) electrons. The molecule has 35 heavy (non-hydrogen) atoms. The van der Waals surface area contributed by atoms with E-state index in [1.54, 1.807) is 42.5 Å². The third-order valence-electron chi connectivity index (χ3n) is 6.05. The lowest BCUT2D eigenvalue weighted by molar-refractivity contribution is 0.101. The van der Waals surface area contributed by atoms with Crippen LogP contribution >= 0.6 is 0 Å². The predicted molar refractivity (Wildman–Crippen MR) is 131 cm³/mol. The summed E-state index contributed by atoms with van der Waals surface area (Å²) in [5.41, 5.74) is 3.76. The van der Waals surface area contributed by atoms with Crippen LogP contribution in [0.3, 0.4) is 0 Å². The highest BCUT2D eigenvalue weighted by Gasteiger charge is 2.37. The maximum atomic E-state index is 12.3. The number of imidazole rings is 1. The Morgan fingerprint density at radius 2 is 1.63 bits per heavy atom. The summed E-state index contributed by atoms with van der Waals surface area (Å²) in [6, 6.07) is 21.6. The molecule has 0 saturated carbocycles. The van der Waals surface area contributed by atoms with Crippen LogP contribution in [0.5, 0.6) is 5.75 Å². The number of nitrogens with zero attached hydrogens (tertiary/aromatic N) is 3. The van der Waals surface area contributed by atoms with Gasteiger partial charge in [-0.15, -0.1) is 0 Å². The SMILES string of the molecule is CC1(C)Oc2cc(-c3ccccc3S(C)(=O)=O)ccc2-c2nc(-c3c(C#N)cccc3C#N)[nH]c21. The van der Waals surface area contributed by atoms with Crippen molar-refractivity contribution in [1.82, 2.24) is 9.97 Å². The van der Waals surface area contributed by atoms with Crippen molar-refractivity contribution in [3.8, 4) is 51.7 Å². The molecular formula is C27H20N4O3S. The number of fused-ring (bicyclic) bond motifs is 3. The molecule has 172 valence electrons. The zero-order valence-electron chi connectivity index (χ0n) is 19.2. The van der Waals surface area contributed by atoms with Gasteiger partial charge in [0.1, 0.15) is 17.2 Å². The molecule has 0 amide bonds. The van der Waals surface area contributed by atoms with E-state index in [2.05, 4.69) is 17.1 Å². The summed E-state index contributed by atoms with van der Waals surface area (Å²) in [7, 11) is -3.43. The number of nitriles is 2. The summed E-state index contributed by atoms with van der Waals surface area (Å²) in [6.45, 7) is 3.80. The van der Waals surface area contributed by atoms with E-state index < -0.39 is 15.4 Å². The molecular weight excluding hydrogens is 460 g/mol. The van der Waals surface area contributed by atoms with Crippen molar-refractivity contribution >= 4 is 9.84 Å². The largest absolute Gasteiger partial charge is 0.481 e. The monoisotopic (exact) mass is 480 g/mol. The molecule has 1 aromatic heterocycles. The van der Waals surface area contributed by atoms with Crippen LogP contribution in [0.25, 0.3) is 33.8 Å². The van der Waals surface area contributed by atoms with Crippen LogP contribution in [0.15, 0.2) is 65.6 Å². The molecule has 0 aliphatic carbocycles. The molecule has 2 heterocycles. The van der Waals surface area contributed by atoms with Crippen molar-refractivity contribution in [1.29, 1.82) is 10.5 Å². The predicted octanol–water partition coefficient (Wildman–Crippen LogP) is 5.19. The maximum Gasteiger partial charge on any atom is 0.176 e. The fraction of sp³-hybridized carbons (Fsp3) is 0.148. The van der Waals surface area contributed by atoms with Gasteiger partial charge in [-0.2, -0.15) is 10.5 Å². The van der Waals surface area contributed by atoms with Crippen LogP contribution in [0.1, 0.15) is 30.7 Å². The number of benzene rings is 3. The smallest absolute Gasteiger partial charge is 0.176 e.